The first kappa shape index (κ1) is 14.9. The molecule has 1 aromatic carbocycles. The lowest BCUT2D eigenvalue weighted by Crippen LogP contribution is -2.10. The molecule has 0 aliphatic carbocycles. The van der Waals surface area contributed by atoms with Gasteiger partial charge in [-0.3, -0.25) is 0 Å². The van der Waals surface area contributed by atoms with Crippen LogP contribution in [0.5, 0.6) is 5.75 Å². The van der Waals surface area contributed by atoms with Crippen molar-refractivity contribution >= 4 is 21.6 Å². The van der Waals surface area contributed by atoms with E-state index in [0.29, 0.717) is 28.8 Å². The van der Waals surface area contributed by atoms with Crippen LogP contribution in [0.2, 0.25) is 5.02 Å². The molecule has 20 heavy (non-hydrogen) atoms. The van der Waals surface area contributed by atoms with E-state index < -0.39 is 10.0 Å². The summed E-state index contributed by atoms with van der Waals surface area (Å²) in [5.74, 6) is 0.908. The molecule has 0 bridgehead atoms. The Bertz CT molecular complexity index is 710. The molecular weight excluding hydrogens is 300 g/mol. The Morgan fingerprint density at radius 3 is 2.75 bits per heavy atom. The monoisotopic (exact) mass is 314 g/mol. The molecule has 0 radical (unpaired) electrons. The Kier molecular flexibility index (Phi) is 4.35. The van der Waals surface area contributed by atoms with Gasteiger partial charge in [0.2, 0.25) is 10.0 Å². The van der Waals surface area contributed by atoms with Gasteiger partial charge in [0, 0.05) is 18.0 Å². The van der Waals surface area contributed by atoms with Gasteiger partial charge in [-0.2, -0.15) is 0 Å². The van der Waals surface area contributed by atoms with Crippen LogP contribution in [0.15, 0.2) is 30.6 Å². The fourth-order valence-corrected chi connectivity index (χ4v) is 2.71. The number of rotatable bonds is 5. The smallest absolute Gasteiger partial charge is 0.237 e. The van der Waals surface area contributed by atoms with E-state index in [1.54, 1.807) is 18.2 Å². The van der Waals surface area contributed by atoms with Crippen molar-refractivity contribution in [2.75, 3.05) is 12.9 Å². The van der Waals surface area contributed by atoms with Crippen molar-refractivity contribution in [3.8, 4) is 17.1 Å². The van der Waals surface area contributed by atoms with Crippen molar-refractivity contribution in [3.63, 3.8) is 0 Å². The SMILES string of the molecule is CCCOc1ccc(-c2nccn2S(C)(=O)=O)cc1Cl. The number of aromatic nitrogens is 2. The second-order valence-corrected chi connectivity index (χ2v) is 6.57. The van der Waals surface area contributed by atoms with Crippen LogP contribution in [-0.4, -0.2) is 30.2 Å². The molecule has 5 nitrogen and oxygen atoms in total. The van der Waals surface area contributed by atoms with Gasteiger partial charge in [-0.05, 0) is 24.6 Å². The maximum Gasteiger partial charge on any atom is 0.237 e. The van der Waals surface area contributed by atoms with Crippen LogP contribution < -0.4 is 4.74 Å². The van der Waals surface area contributed by atoms with E-state index >= 15 is 0 Å². The number of halogens is 1. The highest BCUT2D eigenvalue weighted by Crippen LogP contribution is 2.30. The Hall–Kier alpha value is -1.53. The topological polar surface area (TPSA) is 61.2 Å². The Morgan fingerprint density at radius 2 is 2.15 bits per heavy atom. The molecule has 0 aliphatic rings. The Morgan fingerprint density at radius 1 is 1.40 bits per heavy atom. The highest BCUT2D eigenvalue weighted by atomic mass is 35.5. The largest absolute Gasteiger partial charge is 0.492 e. The molecule has 1 heterocycles. The minimum atomic E-state index is -3.40. The van der Waals surface area contributed by atoms with Crippen LogP contribution in [0.1, 0.15) is 13.3 Å². The molecule has 0 spiro atoms. The zero-order valence-corrected chi connectivity index (χ0v) is 12.8. The predicted molar refractivity (Wildman–Crippen MR) is 78.7 cm³/mol. The molecule has 0 fully saturated rings. The average Bonchev–Trinajstić information content (AvgIpc) is 2.86. The van der Waals surface area contributed by atoms with E-state index in [9.17, 15) is 8.42 Å². The standard InChI is InChI=1S/C13H15ClN2O3S/c1-3-8-19-12-5-4-10(9-11(12)14)13-15-6-7-16(13)20(2,17)18/h4-7,9H,3,8H2,1-2H3. The summed E-state index contributed by atoms with van der Waals surface area (Å²) in [5.41, 5.74) is 0.620. The molecule has 0 amide bonds. The third kappa shape index (κ3) is 3.13. The number of imidazole rings is 1. The summed E-state index contributed by atoms with van der Waals surface area (Å²) in [5, 5.41) is 0.430. The Labute approximate surface area is 123 Å². The van der Waals surface area contributed by atoms with Gasteiger partial charge >= 0.3 is 0 Å². The summed E-state index contributed by atoms with van der Waals surface area (Å²) in [4.78, 5) is 4.07. The lowest BCUT2D eigenvalue weighted by Gasteiger charge is -2.09. The van der Waals surface area contributed by atoms with E-state index in [0.717, 1.165) is 16.6 Å². The molecule has 108 valence electrons. The van der Waals surface area contributed by atoms with Gasteiger partial charge in [-0.25, -0.2) is 17.4 Å². The average molecular weight is 315 g/mol. The first-order chi connectivity index (χ1) is 9.43. The van der Waals surface area contributed by atoms with E-state index in [-0.39, 0.29) is 0 Å². The molecule has 0 saturated heterocycles. The van der Waals surface area contributed by atoms with Crippen molar-refractivity contribution in [2.45, 2.75) is 13.3 Å². The van der Waals surface area contributed by atoms with Crippen molar-refractivity contribution < 1.29 is 13.2 Å². The number of nitrogens with zero attached hydrogens (tertiary/aromatic N) is 2. The van der Waals surface area contributed by atoms with E-state index in [1.807, 2.05) is 6.92 Å². The lowest BCUT2D eigenvalue weighted by atomic mass is 10.2. The highest BCUT2D eigenvalue weighted by molar-refractivity contribution is 7.89. The van der Waals surface area contributed by atoms with Crippen molar-refractivity contribution in [1.29, 1.82) is 0 Å². The fourth-order valence-electron chi connectivity index (χ4n) is 1.73. The quantitative estimate of drug-likeness (QED) is 0.851. The molecule has 2 aromatic rings. The Balaban J connectivity index is 2.40. The summed E-state index contributed by atoms with van der Waals surface area (Å²) >= 11 is 6.14. The third-order valence-corrected chi connectivity index (χ3v) is 3.92. The molecule has 0 N–H and O–H groups in total. The normalized spacial score (nSPS) is 11.6. The maximum atomic E-state index is 11.6. The molecule has 0 atom stereocenters. The maximum absolute atomic E-state index is 11.6. The van der Waals surface area contributed by atoms with Crippen molar-refractivity contribution in [2.24, 2.45) is 0 Å². The van der Waals surface area contributed by atoms with Crippen LogP contribution >= 0.6 is 11.6 Å². The van der Waals surface area contributed by atoms with Crippen LogP contribution in [0, 0.1) is 0 Å². The van der Waals surface area contributed by atoms with Gasteiger partial charge in [-0.1, -0.05) is 18.5 Å². The fraction of sp³-hybridized carbons (Fsp3) is 0.308. The van der Waals surface area contributed by atoms with Gasteiger partial charge in [0.1, 0.15) is 5.75 Å². The van der Waals surface area contributed by atoms with Gasteiger partial charge in [0.25, 0.3) is 0 Å². The molecule has 0 saturated carbocycles. The molecule has 1 aromatic heterocycles. The van der Waals surface area contributed by atoms with E-state index in [4.69, 9.17) is 16.3 Å². The first-order valence-electron chi connectivity index (χ1n) is 6.10. The van der Waals surface area contributed by atoms with Crippen LogP contribution in [0.4, 0.5) is 0 Å². The molecule has 7 heteroatoms. The third-order valence-electron chi connectivity index (χ3n) is 2.62. The summed E-state index contributed by atoms with van der Waals surface area (Å²) in [6, 6.07) is 5.10. The van der Waals surface area contributed by atoms with E-state index in [1.165, 1.54) is 12.4 Å². The van der Waals surface area contributed by atoms with Gasteiger partial charge in [-0.15, -0.1) is 0 Å². The van der Waals surface area contributed by atoms with Gasteiger partial charge in [0.15, 0.2) is 5.82 Å². The summed E-state index contributed by atoms with van der Waals surface area (Å²) < 4.78 is 29.9. The molecule has 0 unspecified atom stereocenters. The van der Waals surface area contributed by atoms with Gasteiger partial charge in [0.05, 0.1) is 17.9 Å². The zero-order valence-electron chi connectivity index (χ0n) is 11.2. The first-order valence-corrected chi connectivity index (χ1v) is 8.32. The summed E-state index contributed by atoms with van der Waals surface area (Å²) in [7, 11) is -3.40. The molecule has 0 aliphatic heterocycles. The number of hydrogen-bond acceptors (Lipinski definition) is 4. The number of benzene rings is 1. The van der Waals surface area contributed by atoms with Crippen molar-refractivity contribution in [1.82, 2.24) is 8.96 Å². The minimum Gasteiger partial charge on any atom is -0.492 e. The summed E-state index contributed by atoms with van der Waals surface area (Å²) in [6.07, 6.45) is 4.85. The molecule has 2 rings (SSSR count). The van der Waals surface area contributed by atoms with Crippen molar-refractivity contribution in [3.05, 3.63) is 35.6 Å². The lowest BCUT2D eigenvalue weighted by molar-refractivity contribution is 0.317. The summed E-state index contributed by atoms with van der Waals surface area (Å²) in [6.45, 7) is 2.59. The number of hydrogen-bond donors (Lipinski definition) is 0. The second-order valence-electron chi connectivity index (χ2n) is 4.30. The minimum absolute atomic E-state index is 0.330. The second kappa shape index (κ2) is 5.85. The zero-order chi connectivity index (χ0) is 14.8. The van der Waals surface area contributed by atoms with Crippen LogP contribution in [-0.2, 0) is 10.0 Å². The van der Waals surface area contributed by atoms with E-state index in [2.05, 4.69) is 4.98 Å². The number of ether oxygens (including phenoxy) is 1. The van der Waals surface area contributed by atoms with Crippen LogP contribution in [0.3, 0.4) is 0 Å². The highest BCUT2D eigenvalue weighted by Gasteiger charge is 2.14. The predicted octanol–water partition coefficient (Wildman–Crippen LogP) is 2.80. The van der Waals surface area contributed by atoms with Gasteiger partial charge < -0.3 is 4.74 Å². The molecular formula is C13H15ClN2O3S. The van der Waals surface area contributed by atoms with Crippen LogP contribution in [0.25, 0.3) is 11.4 Å².